The van der Waals surface area contributed by atoms with E-state index in [2.05, 4.69) is 61.7 Å². The maximum atomic E-state index is 4.97. The molecule has 24 heavy (non-hydrogen) atoms. The number of rotatable bonds is 1. The molecule has 5 aromatic rings. The fourth-order valence-corrected chi connectivity index (χ4v) is 3.71. The fraction of sp³-hybridized carbons (Fsp3) is 0. The van der Waals surface area contributed by atoms with Crippen LogP contribution < -0.4 is 4.40 Å². The van der Waals surface area contributed by atoms with Gasteiger partial charge in [-0.25, -0.2) is 0 Å². The first kappa shape index (κ1) is 13.7. The van der Waals surface area contributed by atoms with E-state index in [0.717, 1.165) is 43.4 Å². The zero-order valence-electron chi connectivity index (χ0n) is 12.7. The molecule has 1 N–H and O–H groups in total. The second-order valence-corrected chi connectivity index (χ2v) is 6.61. The van der Waals surface area contributed by atoms with Crippen molar-refractivity contribution in [1.82, 2.24) is 9.97 Å². The standard InChI is InChI=1S/C20H12BrN3/c21-15-9-3-1-7-13(15)19-22-16-10-4-2-8-14(16)20-23-17-11-5-6-12-18(17)24(19)20/h1-12H/p+1. The molecule has 0 atom stereocenters. The number of aromatic amines is 1. The van der Waals surface area contributed by atoms with Gasteiger partial charge < -0.3 is 0 Å². The summed E-state index contributed by atoms with van der Waals surface area (Å²) in [7, 11) is 0. The number of hydrogen-bond donors (Lipinski definition) is 1. The van der Waals surface area contributed by atoms with Gasteiger partial charge >= 0.3 is 0 Å². The Hall–Kier alpha value is -2.72. The summed E-state index contributed by atoms with van der Waals surface area (Å²) in [6.45, 7) is 0. The number of H-pyrrole nitrogens is 1. The first-order chi connectivity index (χ1) is 11.8. The van der Waals surface area contributed by atoms with E-state index in [1.807, 2.05) is 36.4 Å². The van der Waals surface area contributed by atoms with Crippen molar-refractivity contribution in [1.29, 1.82) is 0 Å². The van der Waals surface area contributed by atoms with E-state index < -0.39 is 0 Å². The Balaban J connectivity index is 2.06. The number of hydrogen-bond acceptors (Lipinski definition) is 1. The average molecular weight is 375 g/mol. The lowest BCUT2D eigenvalue weighted by atomic mass is 10.2. The van der Waals surface area contributed by atoms with E-state index in [4.69, 9.17) is 4.98 Å². The molecule has 114 valence electrons. The highest BCUT2D eigenvalue weighted by molar-refractivity contribution is 9.10. The van der Waals surface area contributed by atoms with Crippen LogP contribution in [0.5, 0.6) is 0 Å². The third-order valence-electron chi connectivity index (χ3n) is 4.33. The molecule has 2 heterocycles. The highest BCUT2D eigenvalue weighted by Crippen LogP contribution is 2.28. The lowest BCUT2D eigenvalue weighted by molar-refractivity contribution is -0.470. The number of fused-ring (bicyclic) bond motifs is 5. The normalized spacial score (nSPS) is 11.5. The molecule has 5 rings (SSSR count). The number of aromatic nitrogens is 3. The molecule has 0 fully saturated rings. The highest BCUT2D eigenvalue weighted by Gasteiger charge is 2.22. The number of nitrogens with one attached hydrogen (secondary N) is 1. The topological polar surface area (TPSA) is 32.8 Å². The molecule has 0 unspecified atom stereocenters. The summed E-state index contributed by atoms with van der Waals surface area (Å²) >= 11 is 3.67. The molecule has 0 amide bonds. The largest absolute Gasteiger partial charge is 0.276 e. The van der Waals surface area contributed by atoms with Crippen molar-refractivity contribution in [3.05, 3.63) is 77.3 Å². The van der Waals surface area contributed by atoms with Gasteiger partial charge in [-0.15, -0.1) is 4.98 Å². The molecule has 0 aliphatic carbocycles. The minimum absolute atomic E-state index is 0.925. The predicted octanol–water partition coefficient (Wildman–Crippen LogP) is 4.88. The zero-order chi connectivity index (χ0) is 16.1. The van der Waals surface area contributed by atoms with E-state index in [1.165, 1.54) is 0 Å². The van der Waals surface area contributed by atoms with E-state index in [1.54, 1.807) is 0 Å². The summed E-state index contributed by atoms with van der Waals surface area (Å²) in [6.07, 6.45) is 0. The third-order valence-corrected chi connectivity index (χ3v) is 5.03. The van der Waals surface area contributed by atoms with Crippen molar-refractivity contribution < 1.29 is 4.40 Å². The van der Waals surface area contributed by atoms with Crippen molar-refractivity contribution in [2.24, 2.45) is 0 Å². The summed E-state index contributed by atoms with van der Waals surface area (Å²) in [5, 5.41) is 1.12. The van der Waals surface area contributed by atoms with E-state index in [9.17, 15) is 0 Å². The van der Waals surface area contributed by atoms with Crippen LogP contribution in [0.3, 0.4) is 0 Å². The summed E-state index contributed by atoms with van der Waals surface area (Å²) in [5.41, 5.74) is 5.34. The van der Waals surface area contributed by atoms with Crippen molar-refractivity contribution >= 4 is 43.5 Å². The average Bonchev–Trinajstić information content (AvgIpc) is 3.01. The minimum Gasteiger partial charge on any atom is -0.269 e. The third kappa shape index (κ3) is 1.90. The molecule has 0 saturated carbocycles. The molecule has 0 spiro atoms. The van der Waals surface area contributed by atoms with Gasteiger partial charge in [0.15, 0.2) is 5.52 Å². The van der Waals surface area contributed by atoms with E-state index in [-0.39, 0.29) is 0 Å². The van der Waals surface area contributed by atoms with Gasteiger partial charge in [-0.05, 0) is 52.3 Å². The minimum atomic E-state index is 0.925. The fourth-order valence-electron chi connectivity index (χ4n) is 3.24. The van der Waals surface area contributed by atoms with Gasteiger partial charge in [-0.3, -0.25) is 4.98 Å². The first-order valence-electron chi connectivity index (χ1n) is 7.79. The maximum Gasteiger partial charge on any atom is 0.276 e. The van der Waals surface area contributed by atoms with E-state index >= 15 is 0 Å². The molecule has 0 aliphatic rings. The number of imidazole rings is 1. The van der Waals surface area contributed by atoms with Crippen LogP contribution in [0.1, 0.15) is 0 Å². The first-order valence-corrected chi connectivity index (χ1v) is 8.58. The monoisotopic (exact) mass is 374 g/mol. The second kappa shape index (κ2) is 5.14. The van der Waals surface area contributed by atoms with Crippen LogP contribution in [0, 0.1) is 0 Å². The van der Waals surface area contributed by atoms with Crippen LogP contribution in [-0.2, 0) is 0 Å². The Morgan fingerprint density at radius 1 is 0.833 bits per heavy atom. The van der Waals surface area contributed by atoms with Gasteiger partial charge in [-0.2, -0.15) is 4.40 Å². The Labute approximate surface area is 146 Å². The van der Waals surface area contributed by atoms with Gasteiger partial charge in [0.1, 0.15) is 11.0 Å². The smallest absolute Gasteiger partial charge is 0.269 e. The maximum absolute atomic E-state index is 4.97. The summed E-state index contributed by atoms with van der Waals surface area (Å²) < 4.78 is 3.24. The molecule has 3 nitrogen and oxygen atoms in total. The van der Waals surface area contributed by atoms with Crippen LogP contribution in [0.2, 0.25) is 0 Å². The number of para-hydroxylation sites is 3. The van der Waals surface area contributed by atoms with E-state index in [0.29, 0.717) is 0 Å². The van der Waals surface area contributed by atoms with Gasteiger partial charge in [0.05, 0.1) is 10.9 Å². The van der Waals surface area contributed by atoms with Crippen molar-refractivity contribution in [3.63, 3.8) is 0 Å². The summed E-state index contributed by atoms with van der Waals surface area (Å²) in [6, 6.07) is 24.8. The number of nitrogens with zero attached hydrogens (tertiary/aromatic N) is 2. The van der Waals surface area contributed by atoms with Gasteiger partial charge in [0, 0.05) is 4.47 Å². The summed E-state index contributed by atoms with van der Waals surface area (Å²) in [5.74, 6) is 0.925. The Kier molecular flexibility index (Phi) is 2.94. The highest BCUT2D eigenvalue weighted by atomic mass is 79.9. The lowest BCUT2D eigenvalue weighted by Gasteiger charge is -2.04. The summed E-state index contributed by atoms with van der Waals surface area (Å²) in [4.78, 5) is 8.53. The Morgan fingerprint density at radius 3 is 2.50 bits per heavy atom. The molecule has 0 radical (unpaired) electrons. The van der Waals surface area contributed by atoms with Gasteiger partial charge in [0.2, 0.25) is 5.65 Å². The van der Waals surface area contributed by atoms with Crippen LogP contribution in [0.25, 0.3) is 39.0 Å². The molecule has 0 aliphatic heterocycles. The molecular weight excluding hydrogens is 362 g/mol. The van der Waals surface area contributed by atoms with Gasteiger partial charge in [0.25, 0.3) is 5.82 Å². The molecule has 2 aromatic heterocycles. The number of halogens is 1. The Morgan fingerprint density at radius 2 is 1.58 bits per heavy atom. The Bertz CT molecular complexity index is 1220. The van der Waals surface area contributed by atoms with Gasteiger partial charge in [-0.1, -0.05) is 36.4 Å². The van der Waals surface area contributed by atoms with Crippen molar-refractivity contribution in [3.8, 4) is 11.4 Å². The molecule has 4 heteroatoms. The van der Waals surface area contributed by atoms with Crippen molar-refractivity contribution in [2.45, 2.75) is 0 Å². The molecule has 0 saturated heterocycles. The van der Waals surface area contributed by atoms with Crippen LogP contribution in [-0.4, -0.2) is 9.97 Å². The van der Waals surface area contributed by atoms with Crippen molar-refractivity contribution in [2.75, 3.05) is 0 Å². The number of benzene rings is 3. The zero-order valence-corrected chi connectivity index (χ0v) is 14.3. The van der Waals surface area contributed by atoms with Crippen LogP contribution in [0.15, 0.2) is 77.3 Å². The predicted molar refractivity (Wildman–Crippen MR) is 99.9 cm³/mol. The molecular formula is C20H13BrN3+. The molecule has 0 bridgehead atoms. The quantitative estimate of drug-likeness (QED) is 0.416. The van der Waals surface area contributed by atoms with Crippen LogP contribution in [0.4, 0.5) is 0 Å². The molecule has 3 aromatic carbocycles. The van der Waals surface area contributed by atoms with Crippen LogP contribution >= 0.6 is 15.9 Å². The SMILES string of the molecule is Brc1ccccc1-c1nc2ccccc2c2[nH]c3ccccc3[n+]12. The second-order valence-electron chi connectivity index (χ2n) is 5.76. The lowest BCUT2D eigenvalue weighted by Crippen LogP contribution is -2.25.